The van der Waals surface area contributed by atoms with Crippen molar-refractivity contribution in [3.63, 3.8) is 0 Å². The van der Waals surface area contributed by atoms with Gasteiger partial charge in [0.15, 0.2) is 5.11 Å². The average Bonchev–Trinajstić information content (AvgIpc) is 2.84. The fourth-order valence-electron chi connectivity index (χ4n) is 2.58. The summed E-state index contributed by atoms with van der Waals surface area (Å²) in [6.07, 6.45) is 0.931. The lowest BCUT2D eigenvalue weighted by atomic mass is 10.1. The highest BCUT2D eigenvalue weighted by atomic mass is 32.1. The van der Waals surface area contributed by atoms with Gasteiger partial charge in [-0.25, -0.2) is 0 Å². The molecule has 0 amide bonds. The molecule has 0 unspecified atom stereocenters. The fraction of sp³-hybridized carbons (Fsp3) is 0.474. The summed E-state index contributed by atoms with van der Waals surface area (Å²) in [7, 11) is 0. The second-order valence-electron chi connectivity index (χ2n) is 6.12. The fourth-order valence-corrected chi connectivity index (χ4v) is 2.78. The third-order valence-electron chi connectivity index (χ3n) is 4.03. The van der Waals surface area contributed by atoms with E-state index in [9.17, 15) is 0 Å². The van der Waals surface area contributed by atoms with Crippen LogP contribution in [0.15, 0.2) is 24.3 Å². The molecule has 2 rings (SSSR count). The predicted octanol–water partition coefficient (Wildman–Crippen LogP) is 3.57. The highest BCUT2D eigenvalue weighted by Gasteiger charge is 2.12. The number of nitrogens with zero attached hydrogens (tertiary/aromatic N) is 2. The average molecular weight is 361 g/mol. The molecule has 5 nitrogen and oxygen atoms in total. The zero-order chi connectivity index (χ0) is 18.2. The van der Waals surface area contributed by atoms with Crippen LogP contribution in [0.2, 0.25) is 0 Å². The topological polar surface area (TPSA) is 51.1 Å². The first-order valence-corrected chi connectivity index (χ1v) is 9.14. The van der Waals surface area contributed by atoms with Crippen molar-refractivity contribution in [3.8, 4) is 0 Å². The molecule has 0 atom stereocenters. The number of benzene rings is 1. The second-order valence-corrected chi connectivity index (χ2v) is 6.53. The van der Waals surface area contributed by atoms with Gasteiger partial charge in [0.1, 0.15) is 0 Å². The molecule has 6 heteroatoms. The molecule has 0 aliphatic rings. The first kappa shape index (κ1) is 19.4. The Labute approximate surface area is 155 Å². The summed E-state index contributed by atoms with van der Waals surface area (Å²) < 4.78 is 7.34. The van der Waals surface area contributed by atoms with Gasteiger partial charge in [-0.15, -0.1) is 0 Å². The Morgan fingerprint density at radius 3 is 2.60 bits per heavy atom. The molecular formula is C19H28N4OS. The minimum atomic E-state index is 0.623. The molecular weight excluding hydrogens is 332 g/mol. The summed E-state index contributed by atoms with van der Waals surface area (Å²) in [4.78, 5) is 0. The van der Waals surface area contributed by atoms with E-state index in [0.29, 0.717) is 5.11 Å². The van der Waals surface area contributed by atoms with E-state index < -0.39 is 0 Å². The van der Waals surface area contributed by atoms with Crippen molar-refractivity contribution in [2.24, 2.45) is 0 Å². The molecule has 1 aromatic carbocycles. The predicted molar refractivity (Wildman–Crippen MR) is 107 cm³/mol. The maximum atomic E-state index is 5.39. The van der Waals surface area contributed by atoms with Gasteiger partial charge in [-0.1, -0.05) is 29.8 Å². The van der Waals surface area contributed by atoms with Crippen LogP contribution in [0.25, 0.3) is 0 Å². The van der Waals surface area contributed by atoms with Crippen LogP contribution in [0.4, 0.5) is 5.69 Å². The summed E-state index contributed by atoms with van der Waals surface area (Å²) in [5.41, 5.74) is 5.51. The lowest BCUT2D eigenvalue weighted by Crippen LogP contribution is -2.30. The first-order chi connectivity index (χ1) is 12.0. The van der Waals surface area contributed by atoms with Gasteiger partial charge < -0.3 is 15.4 Å². The molecule has 1 aromatic heterocycles. The monoisotopic (exact) mass is 360 g/mol. The normalized spacial score (nSPS) is 10.7. The third kappa shape index (κ3) is 5.83. The van der Waals surface area contributed by atoms with E-state index in [-0.39, 0.29) is 0 Å². The molecule has 1 heterocycles. The number of aromatic nitrogens is 2. The summed E-state index contributed by atoms with van der Waals surface area (Å²) in [6, 6.07) is 8.54. The highest BCUT2D eigenvalue weighted by molar-refractivity contribution is 7.80. The molecule has 0 fully saturated rings. The van der Waals surface area contributed by atoms with Gasteiger partial charge in [0.05, 0.1) is 23.6 Å². The van der Waals surface area contributed by atoms with Gasteiger partial charge in [0.2, 0.25) is 0 Å². The first-order valence-electron chi connectivity index (χ1n) is 8.73. The standard InChI is InChI=1S/C19H28N4OS/c1-5-24-12-6-11-20-19(25)21-18-15(3)22-23(16(18)4)13-17-9-7-14(2)8-10-17/h7-10H,5-6,11-13H2,1-4H3,(H2,20,21,25). The van der Waals surface area contributed by atoms with Gasteiger partial charge >= 0.3 is 0 Å². The van der Waals surface area contributed by atoms with Crippen molar-refractivity contribution >= 4 is 23.0 Å². The number of hydrogen-bond acceptors (Lipinski definition) is 3. The van der Waals surface area contributed by atoms with E-state index in [1.54, 1.807) is 0 Å². The van der Waals surface area contributed by atoms with E-state index in [1.807, 2.05) is 18.5 Å². The van der Waals surface area contributed by atoms with E-state index in [0.717, 1.165) is 49.8 Å². The zero-order valence-corrected chi connectivity index (χ0v) is 16.4. The molecule has 0 spiro atoms. The Hall–Kier alpha value is -1.92. The zero-order valence-electron chi connectivity index (χ0n) is 15.6. The molecule has 0 saturated heterocycles. The minimum absolute atomic E-state index is 0.623. The van der Waals surface area contributed by atoms with Crippen molar-refractivity contribution in [3.05, 3.63) is 46.8 Å². The number of hydrogen-bond donors (Lipinski definition) is 2. The third-order valence-corrected chi connectivity index (χ3v) is 4.27. The Morgan fingerprint density at radius 1 is 1.20 bits per heavy atom. The van der Waals surface area contributed by atoms with Crippen molar-refractivity contribution in [2.75, 3.05) is 25.1 Å². The smallest absolute Gasteiger partial charge is 0.170 e. The van der Waals surface area contributed by atoms with E-state index in [4.69, 9.17) is 17.0 Å². The Kier molecular flexibility index (Phi) is 7.40. The van der Waals surface area contributed by atoms with Crippen LogP contribution in [-0.4, -0.2) is 34.7 Å². The van der Waals surface area contributed by atoms with Crippen LogP contribution < -0.4 is 10.6 Å². The van der Waals surface area contributed by atoms with Crippen LogP contribution in [0.1, 0.15) is 35.9 Å². The second kappa shape index (κ2) is 9.53. The molecule has 0 saturated carbocycles. The van der Waals surface area contributed by atoms with Gasteiger partial charge in [0.25, 0.3) is 0 Å². The highest BCUT2D eigenvalue weighted by Crippen LogP contribution is 2.20. The number of ether oxygens (including phenoxy) is 1. The number of anilines is 1. The van der Waals surface area contributed by atoms with Crippen molar-refractivity contribution in [1.29, 1.82) is 0 Å². The lowest BCUT2D eigenvalue weighted by molar-refractivity contribution is 0.146. The van der Waals surface area contributed by atoms with E-state index in [2.05, 4.69) is 53.8 Å². The summed E-state index contributed by atoms with van der Waals surface area (Å²) in [5, 5.41) is 11.8. The molecule has 0 aliphatic heterocycles. The Balaban J connectivity index is 1.94. The molecule has 25 heavy (non-hydrogen) atoms. The van der Waals surface area contributed by atoms with Gasteiger partial charge in [0, 0.05) is 19.8 Å². The van der Waals surface area contributed by atoms with Crippen molar-refractivity contribution in [2.45, 2.75) is 40.7 Å². The molecule has 0 aliphatic carbocycles. The number of aryl methyl sites for hydroxylation is 2. The molecule has 0 bridgehead atoms. The van der Waals surface area contributed by atoms with Crippen LogP contribution in [0.3, 0.4) is 0 Å². The van der Waals surface area contributed by atoms with Crippen LogP contribution >= 0.6 is 12.2 Å². The van der Waals surface area contributed by atoms with Gasteiger partial charge in [-0.05, 0) is 51.9 Å². The number of thiocarbonyl (C=S) groups is 1. The van der Waals surface area contributed by atoms with Crippen LogP contribution in [0.5, 0.6) is 0 Å². The van der Waals surface area contributed by atoms with Crippen molar-refractivity contribution in [1.82, 2.24) is 15.1 Å². The van der Waals surface area contributed by atoms with Gasteiger partial charge in [-0.2, -0.15) is 5.10 Å². The molecule has 2 N–H and O–H groups in total. The Morgan fingerprint density at radius 2 is 1.92 bits per heavy atom. The van der Waals surface area contributed by atoms with Crippen LogP contribution in [0, 0.1) is 20.8 Å². The summed E-state index contributed by atoms with van der Waals surface area (Å²) >= 11 is 5.39. The summed E-state index contributed by atoms with van der Waals surface area (Å²) in [6.45, 7) is 11.2. The lowest BCUT2D eigenvalue weighted by Gasteiger charge is -2.11. The largest absolute Gasteiger partial charge is 0.382 e. The van der Waals surface area contributed by atoms with E-state index in [1.165, 1.54) is 11.1 Å². The number of rotatable bonds is 8. The van der Waals surface area contributed by atoms with E-state index >= 15 is 0 Å². The summed E-state index contributed by atoms with van der Waals surface area (Å²) in [5.74, 6) is 0. The van der Waals surface area contributed by atoms with Crippen molar-refractivity contribution < 1.29 is 4.74 Å². The molecule has 136 valence electrons. The van der Waals surface area contributed by atoms with Gasteiger partial charge in [-0.3, -0.25) is 4.68 Å². The molecule has 0 radical (unpaired) electrons. The Bertz CT molecular complexity index is 694. The molecule has 2 aromatic rings. The quantitative estimate of drug-likeness (QED) is 0.557. The minimum Gasteiger partial charge on any atom is -0.382 e. The maximum absolute atomic E-state index is 5.39. The van der Waals surface area contributed by atoms with Crippen LogP contribution in [-0.2, 0) is 11.3 Å². The number of nitrogens with one attached hydrogen (secondary N) is 2. The maximum Gasteiger partial charge on any atom is 0.170 e. The SMILES string of the molecule is CCOCCCNC(=S)Nc1c(C)nn(Cc2ccc(C)cc2)c1C.